The van der Waals surface area contributed by atoms with E-state index in [1.807, 2.05) is 0 Å². The summed E-state index contributed by atoms with van der Waals surface area (Å²) in [5.74, 6) is -20.0. The number of carboxylic acid groups (broad SMARTS) is 2. The van der Waals surface area contributed by atoms with E-state index >= 15 is 9.59 Å². The molecule has 6 rings (SSSR count). The van der Waals surface area contributed by atoms with Gasteiger partial charge in [-0.1, -0.05) is 89.0 Å². The van der Waals surface area contributed by atoms with Gasteiger partial charge in [0.25, 0.3) is 0 Å². The summed E-state index contributed by atoms with van der Waals surface area (Å²) in [5.41, 5.74) is 12.2. The van der Waals surface area contributed by atoms with Crippen LogP contribution in [-0.2, 0) is 89.6 Å². The zero-order valence-electron chi connectivity index (χ0n) is 54.1. The quantitative estimate of drug-likeness (QED) is 0.0582. The van der Waals surface area contributed by atoms with Crippen LogP contribution in [0.25, 0.3) is 0 Å². The predicted octanol–water partition coefficient (Wildman–Crippen LogP) is -5.94. The van der Waals surface area contributed by atoms with E-state index in [0.29, 0.717) is 5.56 Å². The summed E-state index contributed by atoms with van der Waals surface area (Å²) < 4.78 is 0. The number of phenolic OH excluding ortho intramolecular Hbond substituents is 2. The molecule has 2 bridgehead atoms. The highest BCUT2D eigenvalue weighted by Gasteiger charge is 2.42. The number of nitrogens with one attached hydrogen (secondary N) is 12. The number of carboxylic acids is 2. The van der Waals surface area contributed by atoms with Crippen molar-refractivity contribution in [3.05, 3.63) is 59.7 Å². The Bertz CT molecular complexity index is 3400. The summed E-state index contributed by atoms with van der Waals surface area (Å²) in [6, 6.07) is -10.5. The average Bonchev–Trinajstić information content (AvgIpc) is 1.75. The van der Waals surface area contributed by atoms with Gasteiger partial charge in [0.15, 0.2) is 0 Å². The van der Waals surface area contributed by atoms with Crippen molar-refractivity contribution in [2.45, 2.75) is 143 Å². The summed E-state index contributed by atoms with van der Waals surface area (Å²) in [6.45, 7) is 1.28. The smallest absolute Gasteiger partial charge is 0.326 e. The summed E-state index contributed by atoms with van der Waals surface area (Å²) in [5, 5.41) is 80.2. The molecule has 4 aliphatic heterocycles. The minimum Gasteiger partial charge on any atom is -0.508 e. The number of hydrogen-bond donors (Lipinski definition) is 19. The Kier molecular flexibility index (Phi) is 32.1. The van der Waals surface area contributed by atoms with Gasteiger partial charge in [-0.3, -0.25) is 71.9 Å². The molecule has 14 atom stereocenters. The van der Waals surface area contributed by atoms with E-state index < -0.39 is 235 Å². The molecule has 42 heteroatoms. The van der Waals surface area contributed by atoms with Crippen LogP contribution in [0.15, 0.2) is 48.5 Å². The summed E-state index contributed by atoms with van der Waals surface area (Å²) in [7, 11) is 5.44. The number of carbonyl (C=O) groups excluding carboxylic acids is 14. The normalized spacial score (nSPS) is 25.5. The Morgan fingerprint density at radius 3 is 1.70 bits per heavy atom. The number of phenols is 2. The van der Waals surface area contributed by atoms with Crippen LogP contribution in [0, 0.1) is 0 Å². The van der Waals surface area contributed by atoms with Gasteiger partial charge in [-0.2, -0.15) is 0 Å². The maximum absolute atomic E-state index is 15.2. The van der Waals surface area contributed by atoms with Gasteiger partial charge >= 0.3 is 11.9 Å². The van der Waals surface area contributed by atoms with Crippen LogP contribution in [0.3, 0.4) is 0 Å². The molecule has 0 spiro atoms. The zero-order valence-corrected chi connectivity index (χ0v) is 59.0. The Labute approximate surface area is 600 Å². The molecule has 2 aromatic rings. The van der Waals surface area contributed by atoms with E-state index in [0.717, 1.165) is 55.0 Å². The fraction of sp³-hybridized carbons (Fsp3) is 0.525. The Hall–Kier alpha value is -8.42. The van der Waals surface area contributed by atoms with Crippen molar-refractivity contribution in [2.75, 3.05) is 47.6 Å². The number of aromatic hydroxyl groups is 2. The van der Waals surface area contributed by atoms with Gasteiger partial charge < -0.3 is 106 Å². The number of aliphatic hydroxyl groups excluding tert-OH is 1. The number of primary amides is 1. The molecule has 0 unspecified atom stereocenters. The number of nitrogens with two attached hydrogens (primary N) is 2. The lowest BCUT2D eigenvalue weighted by atomic mass is 10.0. The molecule has 21 N–H and O–H groups in total. The second kappa shape index (κ2) is 39.7. The Morgan fingerprint density at radius 2 is 1.13 bits per heavy atom. The number of hydrogen-bond acceptors (Lipinski definition) is 26. The molecular formula is C59H79N15O21S6. The third kappa shape index (κ3) is 25.9. The van der Waals surface area contributed by atoms with Crippen LogP contribution in [0.2, 0.25) is 0 Å². The van der Waals surface area contributed by atoms with E-state index in [1.165, 1.54) is 77.0 Å². The predicted molar refractivity (Wildman–Crippen MR) is 371 cm³/mol. The highest BCUT2D eigenvalue weighted by molar-refractivity contribution is 8.77. The lowest BCUT2D eigenvalue weighted by molar-refractivity contribution is -0.143. The maximum Gasteiger partial charge on any atom is 0.326 e. The van der Waals surface area contributed by atoms with Crippen molar-refractivity contribution in [1.29, 1.82) is 0 Å². The van der Waals surface area contributed by atoms with Crippen LogP contribution >= 0.6 is 64.8 Å². The Morgan fingerprint density at radius 1 is 0.594 bits per heavy atom. The third-order valence-corrected chi connectivity index (χ3v) is 22.9. The standard InChI is InChI=1S/C59H79N15O21S6/c1-26-47(82)69-41-25-101-100-24-40(71-50(85)34(16-28-5-9-30(76)10-6-28)66-49(84)33(13-14-45(80)81)65-52(87)38-22-97-96-20-32(60)48(83)70-38)54(89)72-39(53(88)67-35(18-43(61)78)58(93)74-15-3-4-42(74)56(91)63-26)23-99-98-21-37(64-44(79)19-62-57(92)46(27(2)75)73-55(41)90)51(86)68-36(59(94)95)17-29-7-11-31(77)12-8-29/h5-12,26-27,32-42,46,75-77H,3-4,13-25,60H2,1-2H3,(H2,61,78)(H,62,92)(H,63,91)(H,64,79)(H,65,87)(H,66,84)(H,67,88)(H,68,86)(H,69,82)(H,70,83)(H,71,85)(H,72,89)(H,73,90)(H,80,81)(H,94,95)/t26-,27+,32-,33-,34-,35-,36-,37-,38-,39-,40-,41-,42-,46-/m0/s1. The van der Waals surface area contributed by atoms with Gasteiger partial charge in [-0.15, -0.1) is 0 Å². The minimum absolute atomic E-state index is 0.0105. The van der Waals surface area contributed by atoms with Crippen molar-refractivity contribution < 1.29 is 102 Å². The number of carbonyl (C=O) groups is 16. The highest BCUT2D eigenvalue weighted by atomic mass is 33.1. The molecule has 4 saturated heterocycles. The van der Waals surface area contributed by atoms with Crippen LogP contribution in [-0.4, -0.2) is 257 Å². The third-order valence-electron chi connectivity index (χ3n) is 15.6. The Balaban J connectivity index is 1.44. The van der Waals surface area contributed by atoms with E-state index in [9.17, 15) is 92.7 Å². The summed E-state index contributed by atoms with van der Waals surface area (Å²) in [6.07, 6.45) is -4.46. The van der Waals surface area contributed by atoms with E-state index in [1.54, 1.807) is 0 Å². The molecule has 0 radical (unpaired) electrons. The average molecular weight is 1530 g/mol. The lowest BCUT2D eigenvalue weighted by Gasteiger charge is -2.31. The zero-order chi connectivity index (χ0) is 74.2. The molecule has 14 amide bonds. The molecule has 4 aliphatic rings. The fourth-order valence-electron chi connectivity index (χ4n) is 10.0. The number of nitrogens with zero attached hydrogens (tertiary/aromatic N) is 1. The van der Waals surface area contributed by atoms with Gasteiger partial charge in [0, 0.05) is 60.3 Å². The van der Waals surface area contributed by atoms with E-state index in [-0.39, 0.29) is 54.4 Å². The number of benzene rings is 2. The van der Waals surface area contributed by atoms with Crippen LogP contribution in [0.5, 0.6) is 11.5 Å². The van der Waals surface area contributed by atoms with Crippen LogP contribution in [0.4, 0.5) is 0 Å². The number of fused-ring (bicyclic) bond motifs is 9. The largest absolute Gasteiger partial charge is 0.508 e. The molecule has 4 fully saturated rings. The van der Waals surface area contributed by atoms with Gasteiger partial charge in [-0.25, -0.2) is 4.79 Å². The van der Waals surface area contributed by atoms with Crippen LogP contribution < -0.4 is 75.3 Å². The van der Waals surface area contributed by atoms with Crippen molar-refractivity contribution in [2.24, 2.45) is 11.5 Å². The first kappa shape index (κ1) is 81.5. The van der Waals surface area contributed by atoms with Gasteiger partial charge in [0.1, 0.15) is 84.0 Å². The maximum atomic E-state index is 15.2. The van der Waals surface area contributed by atoms with Gasteiger partial charge in [-0.05, 0) is 68.5 Å². The fourth-order valence-corrected chi connectivity index (χ4v) is 17.0. The SMILES string of the molecule is C[C@@H]1NC(=O)[C@@H]2CCCN2C(=O)[C@H](CC(N)=O)NC(=O)[C@@H]2CSSC[C@@H](C(=O)N[C@@H](Cc3ccc(O)cc3)C(=O)O)NC(=O)CNC(=O)[C@H]([C@@H](C)O)NC(=O)[C@H](CSSC[C@H](NC(=O)[C@H](Cc3ccc(O)cc3)NC(=O)[C@H](CCC(=O)O)NC(=O)[C@@H]3CSSC[C@H](N)C(=O)N3)C(=O)N2)NC1=O. The molecule has 0 aliphatic carbocycles. The number of aliphatic hydroxyl groups is 1. The van der Waals surface area contributed by atoms with Crippen molar-refractivity contribution in [3.63, 3.8) is 0 Å². The van der Waals surface area contributed by atoms with Gasteiger partial charge in [0.2, 0.25) is 82.7 Å². The molecule has 4 heterocycles. The highest BCUT2D eigenvalue weighted by Crippen LogP contribution is 2.28. The summed E-state index contributed by atoms with van der Waals surface area (Å²) in [4.78, 5) is 223. The molecule has 0 aromatic heterocycles. The monoisotopic (exact) mass is 1530 g/mol. The number of rotatable bonds is 19. The first-order valence-corrected chi connectivity index (χ1v) is 38.7. The molecule has 36 nitrogen and oxygen atoms in total. The molecular weight excluding hydrogens is 1450 g/mol. The molecule has 0 saturated carbocycles. The molecule has 552 valence electrons. The van der Waals surface area contributed by atoms with E-state index in [2.05, 4.69) is 63.8 Å². The van der Waals surface area contributed by atoms with Crippen molar-refractivity contribution in [3.8, 4) is 11.5 Å². The minimum atomic E-state index is -1.88. The lowest BCUT2D eigenvalue weighted by Crippen LogP contribution is -2.62. The first-order valence-electron chi connectivity index (χ1n) is 31.2. The van der Waals surface area contributed by atoms with Gasteiger partial charge in [0.05, 0.1) is 25.1 Å². The number of amides is 14. The van der Waals surface area contributed by atoms with Crippen molar-refractivity contribution >= 4 is 159 Å². The summed E-state index contributed by atoms with van der Waals surface area (Å²) >= 11 is 0. The number of aliphatic carboxylic acids is 2. The second-order valence-electron chi connectivity index (χ2n) is 23.5. The molecule has 101 heavy (non-hydrogen) atoms. The van der Waals surface area contributed by atoms with Crippen LogP contribution in [0.1, 0.15) is 57.1 Å². The molecule has 2 aromatic carbocycles. The second-order valence-corrected chi connectivity index (χ2v) is 31.1. The van der Waals surface area contributed by atoms with E-state index in [4.69, 9.17) is 11.5 Å². The first-order chi connectivity index (χ1) is 47.9. The topological polar surface area (TPSA) is 574 Å². The van der Waals surface area contributed by atoms with Crippen molar-refractivity contribution in [1.82, 2.24) is 68.7 Å².